The highest BCUT2D eigenvalue weighted by Crippen LogP contribution is 2.37. The first-order chi connectivity index (χ1) is 10.7. The molecule has 22 heavy (non-hydrogen) atoms. The molecule has 2 aromatic carbocycles. The second-order valence-electron chi connectivity index (χ2n) is 5.24. The summed E-state index contributed by atoms with van der Waals surface area (Å²) in [5.74, 6) is 0. The zero-order valence-corrected chi connectivity index (χ0v) is 11.9. The number of rotatable bonds is 5. The first kappa shape index (κ1) is 14.4. The van der Waals surface area contributed by atoms with Crippen molar-refractivity contribution in [1.82, 2.24) is 15.4 Å². The summed E-state index contributed by atoms with van der Waals surface area (Å²) in [5, 5.41) is 32.3. The van der Waals surface area contributed by atoms with Crippen LogP contribution in [0, 0.1) is 0 Å². The number of nitrogens with zero attached hydrogens (tertiary/aromatic N) is 2. The fraction of sp³-hybridized carbons (Fsp3) is 0.176. The SMILES string of the molecule is OC(c1ccccc1)C(O)(Cc1cn[nH]n1)c1ccccc1. The van der Waals surface area contributed by atoms with E-state index in [-0.39, 0.29) is 6.42 Å². The Kier molecular flexibility index (Phi) is 4.00. The predicted molar refractivity (Wildman–Crippen MR) is 81.8 cm³/mol. The number of aliphatic hydroxyl groups excluding tert-OH is 1. The molecule has 0 bridgehead atoms. The van der Waals surface area contributed by atoms with Crippen LogP contribution in [0.4, 0.5) is 0 Å². The van der Waals surface area contributed by atoms with Gasteiger partial charge in [0.1, 0.15) is 11.7 Å². The lowest BCUT2D eigenvalue weighted by Gasteiger charge is -2.33. The molecule has 2 unspecified atom stereocenters. The largest absolute Gasteiger partial charge is 0.385 e. The first-order valence-corrected chi connectivity index (χ1v) is 7.06. The van der Waals surface area contributed by atoms with Gasteiger partial charge in [-0.3, -0.25) is 0 Å². The predicted octanol–water partition coefficient (Wildman–Crippen LogP) is 1.97. The third kappa shape index (κ3) is 2.77. The van der Waals surface area contributed by atoms with E-state index >= 15 is 0 Å². The van der Waals surface area contributed by atoms with Crippen molar-refractivity contribution in [3.05, 3.63) is 83.7 Å². The molecule has 3 N–H and O–H groups in total. The van der Waals surface area contributed by atoms with E-state index in [4.69, 9.17) is 0 Å². The third-order valence-electron chi connectivity index (χ3n) is 3.76. The zero-order valence-electron chi connectivity index (χ0n) is 11.9. The van der Waals surface area contributed by atoms with Crippen LogP contribution >= 0.6 is 0 Å². The molecular formula is C17H17N3O2. The van der Waals surface area contributed by atoms with Gasteiger partial charge in [0.2, 0.25) is 0 Å². The van der Waals surface area contributed by atoms with Crippen molar-refractivity contribution < 1.29 is 10.2 Å². The molecule has 0 radical (unpaired) electrons. The molecule has 1 heterocycles. The van der Waals surface area contributed by atoms with Crippen molar-refractivity contribution in [2.75, 3.05) is 0 Å². The average molecular weight is 295 g/mol. The maximum Gasteiger partial charge on any atom is 0.125 e. The number of nitrogens with one attached hydrogen (secondary N) is 1. The van der Waals surface area contributed by atoms with Crippen molar-refractivity contribution in [3.8, 4) is 0 Å². The Morgan fingerprint density at radius 1 is 1.00 bits per heavy atom. The highest BCUT2D eigenvalue weighted by Gasteiger charge is 2.39. The van der Waals surface area contributed by atoms with E-state index < -0.39 is 11.7 Å². The van der Waals surface area contributed by atoms with E-state index in [1.807, 2.05) is 36.4 Å². The van der Waals surface area contributed by atoms with Gasteiger partial charge in [0, 0.05) is 6.42 Å². The molecule has 3 aromatic rings. The van der Waals surface area contributed by atoms with Crippen molar-refractivity contribution >= 4 is 0 Å². The molecule has 0 aliphatic heterocycles. The van der Waals surface area contributed by atoms with Crippen molar-refractivity contribution in [3.63, 3.8) is 0 Å². The van der Waals surface area contributed by atoms with Crippen LogP contribution in [0.1, 0.15) is 22.9 Å². The lowest BCUT2D eigenvalue weighted by Crippen LogP contribution is -2.36. The molecule has 0 saturated heterocycles. The molecule has 112 valence electrons. The molecule has 1 aromatic heterocycles. The molecule has 0 fully saturated rings. The van der Waals surface area contributed by atoms with Gasteiger partial charge in [-0.25, -0.2) is 0 Å². The lowest BCUT2D eigenvalue weighted by atomic mass is 9.81. The number of aromatic amines is 1. The Hall–Kier alpha value is -2.50. The molecule has 0 saturated carbocycles. The second kappa shape index (κ2) is 6.09. The molecule has 0 aliphatic carbocycles. The average Bonchev–Trinajstić information content (AvgIpc) is 3.08. The number of aromatic nitrogens is 3. The van der Waals surface area contributed by atoms with E-state index in [2.05, 4.69) is 15.4 Å². The Balaban J connectivity index is 2.02. The maximum absolute atomic E-state index is 11.2. The van der Waals surface area contributed by atoms with E-state index in [1.54, 1.807) is 30.5 Å². The summed E-state index contributed by atoms with van der Waals surface area (Å²) in [5.41, 5.74) is 0.382. The summed E-state index contributed by atoms with van der Waals surface area (Å²) in [6, 6.07) is 18.3. The van der Waals surface area contributed by atoms with Gasteiger partial charge in [0.25, 0.3) is 0 Å². The first-order valence-electron chi connectivity index (χ1n) is 7.06. The van der Waals surface area contributed by atoms with Crippen molar-refractivity contribution in [1.29, 1.82) is 0 Å². The third-order valence-corrected chi connectivity index (χ3v) is 3.76. The minimum Gasteiger partial charge on any atom is -0.385 e. The molecule has 5 nitrogen and oxygen atoms in total. The van der Waals surface area contributed by atoms with Crippen LogP contribution < -0.4 is 0 Å². The van der Waals surface area contributed by atoms with Gasteiger partial charge in [-0.15, -0.1) is 0 Å². The number of H-pyrrole nitrogens is 1. The summed E-state index contributed by atoms with van der Waals surface area (Å²) in [6.45, 7) is 0. The van der Waals surface area contributed by atoms with Crippen LogP contribution in [-0.2, 0) is 12.0 Å². The summed E-state index contributed by atoms with van der Waals surface area (Å²) in [7, 11) is 0. The molecular weight excluding hydrogens is 278 g/mol. The Morgan fingerprint density at radius 2 is 1.64 bits per heavy atom. The summed E-state index contributed by atoms with van der Waals surface area (Å²) >= 11 is 0. The Bertz CT molecular complexity index is 701. The van der Waals surface area contributed by atoms with Gasteiger partial charge in [-0.2, -0.15) is 15.4 Å². The van der Waals surface area contributed by atoms with Gasteiger partial charge in [0.05, 0.1) is 11.9 Å². The van der Waals surface area contributed by atoms with Gasteiger partial charge in [-0.1, -0.05) is 60.7 Å². The van der Waals surface area contributed by atoms with Gasteiger partial charge in [-0.05, 0) is 11.1 Å². The molecule has 0 spiro atoms. The quantitative estimate of drug-likeness (QED) is 0.672. The van der Waals surface area contributed by atoms with Crippen LogP contribution in [-0.4, -0.2) is 25.6 Å². The van der Waals surface area contributed by atoms with Crippen LogP contribution in [0.25, 0.3) is 0 Å². The van der Waals surface area contributed by atoms with Crippen LogP contribution in [0.5, 0.6) is 0 Å². The normalized spacial score (nSPS) is 15.2. The lowest BCUT2D eigenvalue weighted by molar-refractivity contribution is -0.0835. The fourth-order valence-corrected chi connectivity index (χ4v) is 2.58. The molecule has 0 aliphatic rings. The second-order valence-corrected chi connectivity index (χ2v) is 5.24. The van der Waals surface area contributed by atoms with E-state index in [0.717, 1.165) is 0 Å². The number of hydrogen-bond acceptors (Lipinski definition) is 4. The molecule has 2 atom stereocenters. The molecule has 3 rings (SSSR count). The maximum atomic E-state index is 11.2. The summed E-state index contributed by atoms with van der Waals surface area (Å²) in [6.07, 6.45) is 0.627. The standard InChI is InChI=1S/C17H17N3O2/c21-16(13-7-3-1-4-8-13)17(22,11-15-12-18-20-19-15)14-9-5-2-6-10-14/h1-10,12,16,21-22H,11H2,(H,18,19,20). The number of aliphatic hydroxyl groups is 2. The van der Waals surface area contributed by atoms with E-state index in [9.17, 15) is 10.2 Å². The molecule has 0 amide bonds. The molecule has 5 heteroatoms. The van der Waals surface area contributed by atoms with E-state index in [1.165, 1.54) is 0 Å². The number of benzene rings is 2. The summed E-state index contributed by atoms with van der Waals surface area (Å²) < 4.78 is 0. The Morgan fingerprint density at radius 3 is 2.23 bits per heavy atom. The topological polar surface area (TPSA) is 82.0 Å². The van der Waals surface area contributed by atoms with Crippen LogP contribution in [0.3, 0.4) is 0 Å². The van der Waals surface area contributed by atoms with E-state index in [0.29, 0.717) is 16.8 Å². The Labute approximate surface area is 128 Å². The van der Waals surface area contributed by atoms with Crippen molar-refractivity contribution in [2.45, 2.75) is 18.1 Å². The highest BCUT2D eigenvalue weighted by molar-refractivity contribution is 5.30. The minimum atomic E-state index is -1.49. The fourth-order valence-electron chi connectivity index (χ4n) is 2.58. The van der Waals surface area contributed by atoms with Crippen molar-refractivity contribution in [2.24, 2.45) is 0 Å². The summed E-state index contributed by atoms with van der Waals surface area (Å²) in [4.78, 5) is 0. The highest BCUT2D eigenvalue weighted by atomic mass is 16.3. The monoisotopic (exact) mass is 295 g/mol. The van der Waals surface area contributed by atoms with Gasteiger partial charge < -0.3 is 10.2 Å². The minimum absolute atomic E-state index is 0.156. The zero-order chi connectivity index (χ0) is 15.4. The van der Waals surface area contributed by atoms with Gasteiger partial charge >= 0.3 is 0 Å². The number of hydrogen-bond donors (Lipinski definition) is 3. The van der Waals surface area contributed by atoms with Crippen LogP contribution in [0.2, 0.25) is 0 Å². The van der Waals surface area contributed by atoms with Gasteiger partial charge in [0.15, 0.2) is 0 Å². The van der Waals surface area contributed by atoms with Crippen LogP contribution in [0.15, 0.2) is 66.9 Å². The smallest absolute Gasteiger partial charge is 0.125 e.